The highest BCUT2D eigenvalue weighted by atomic mass is 16.6. The van der Waals surface area contributed by atoms with Crippen LogP contribution in [0.4, 0.5) is 5.69 Å². The van der Waals surface area contributed by atoms with Crippen LogP contribution in [0.1, 0.15) is 49.3 Å². The lowest BCUT2D eigenvalue weighted by molar-refractivity contribution is -0.146. The van der Waals surface area contributed by atoms with Gasteiger partial charge in [0.25, 0.3) is 5.91 Å². The molecule has 3 rings (SSSR count). The first-order chi connectivity index (χ1) is 13.2. The van der Waals surface area contributed by atoms with E-state index in [1.54, 1.807) is 12.1 Å². The van der Waals surface area contributed by atoms with Gasteiger partial charge in [-0.1, -0.05) is 13.8 Å². The van der Waals surface area contributed by atoms with Crippen molar-refractivity contribution >= 4 is 17.6 Å². The van der Waals surface area contributed by atoms with Crippen molar-refractivity contribution < 1.29 is 24.2 Å². The zero-order valence-corrected chi connectivity index (χ0v) is 16.5. The molecule has 1 heterocycles. The average Bonchev–Trinajstić information content (AvgIpc) is 3.06. The zero-order valence-electron chi connectivity index (χ0n) is 16.5. The van der Waals surface area contributed by atoms with Gasteiger partial charge in [-0.2, -0.15) is 0 Å². The van der Waals surface area contributed by atoms with E-state index in [2.05, 4.69) is 5.32 Å². The molecule has 1 amide bonds. The molecule has 1 aliphatic rings. The smallest absolute Gasteiger partial charge is 0.306 e. The number of phenolic OH excluding ortho intramolecular Hbond substituents is 1. The number of benzene rings is 2. The number of aryl methyl sites for hydroxylation is 2. The molecule has 0 aromatic heterocycles. The third-order valence-electron chi connectivity index (χ3n) is 4.75. The second kappa shape index (κ2) is 7.92. The van der Waals surface area contributed by atoms with Crippen LogP contribution in [0.25, 0.3) is 0 Å². The molecular weight excluding hydrogens is 358 g/mol. The summed E-state index contributed by atoms with van der Waals surface area (Å²) in [6, 6.07) is 8.83. The third kappa shape index (κ3) is 4.27. The van der Waals surface area contributed by atoms with Crippen LogP contribution in [0, 0.1) is 13.8 Å². The van der Waals surface area contributed by atoms with Crippen LogP contribution < -0.4 is 10.1 Å². The van der Waals surface area contributed by atoms with E-state index in [-0.39, 0.29) is 30.0 Å². The number of hydrogen-bond acceptors (Lipinski definition) is 5. The molecule has 1 aliphatic heterocycles. The number of nitrogens with one attached hydrogen (secondary N) is 1. The summed E-state index contributed by atoms with van der Waals surface area (Å²) in [6.45, 7) is 7.82. The fourth-order valence-electron chi connectivity index (χ4n) is 3.29. The molecule has 1 atom stereocenters. The summed E-state index contributed by atoms with van der Waals surface area (Å²) in [4.78, 5) is 23.4. The maximum atomic E-state index is 12.2. The summed E-state index contributed by atoms with van der Waals surface area (Å²) in [5.41, 5.74) is 3.17. The van der Waals surface area contributed by atoms with E-state index in [0.29, 0.717) is 23.6 Å². The maximum Gasteiger partial charge on any atom is 0.306 e. The van der Waals surface area contributed by atoms with E-state index in [1.807, 2.05) is 45.9 Å². The Bertz CT molecular complexity index is 896. The number of phenols is 1. The number of amides is 1. The molecule has 28 heavy (non-hydrogen) atoms. The van der Waals surface area contributed by atoms with Crippen molar-refractivity contribution in [3.8, 4) is 17.2 Å². The van der Waals surface area contributed by atoms with Crippen LogP contribution >= 0.6 is 0 Å². The normalized spacial score (nSPS) is 16.2. The van der Waals surface area contributed by atoms with E-state index < -0.39 is 6.10 Å². The van der Waals surface area contributed by atoms with Gasteiger partial charge in [0.15, 0.2) is 6.10 Å². The zero-order chi connectivity index (χ0) is 20.4. The van der Waals surface area contributed by atoms with Gasteiger partial charge in [0, 0.05) is 24.1 Å². The Morgan fingerprint density at radius 1 is 1.21 bits per heavy atom. The monoisotopic (exact) mass is 383 g/mol. The Hall–Kier alpha value is -3.02. The SMILES string of the molecule is Cc1cc(NC(=O)C2CCC(=O)O2)cc(C)c1Oc1ccc(O)c(C(C)C)c1. The highest BCUT2D eigenvalue weighted by Gasteiger charge is 2.29. The first-order valence-electron chi connectivity index (χ1n) is 9.37. The predicted octanol–water partition coefficient (Wildman–Crippen LogP) is 4.57. The molecule has 1 saturated heterocycles. The molecule has 148 valence electrons. The highest BCUT2D eigenvalue weighted by molar-refractivity contribution is 5.96. The number of hydrogen-bond donors (Lipinski definition) is 2. The van der Waals surface area contributed by atoms with E-state index in [1.165, 1.54) is 0 Å². The Kier molecular flexibility index (Phi) is 5.58. The predicted molar refractivity (Wildman–Crippen MR) is 106 cm³/mol. The molecule has 1 fully saturated rings. The summed E-state index contributed by atoms with van der Waals surface area (Å²) in [6.07, 6.45) is -0.0490. The molecule has 0 aliphatic carbocycles. The largest absolute Gasteiger partial charge is 0.508 e. The van der Waals surface area contributed by atoms with Crippen molar-refractivity contribution in [3.05, 3.63) is 47.0 Å². The van der Waals surface area contributed by atoms with Gasteiger partial charge in [0.1, 0.15) is 17.2 Å². The topological polar surface area (TPSA) is 84.9 Å². The number of rotatable bonds is 5. The van der Waals surface area contributed by atoms with Crippen LogP contribution in [0.15, 0.2) is 30.3 Å². The van der Waals surface area contributed by atoms with Crippen molar-refractivity contribution in [1.82, 2.24) is 0 Å². The van der Waals surface area contributed by atoms with Crippen LogP contribution in [0.5, 0.6) is 17.2 Å². The van der Waals surface area contributed by atoms with Gasteiger partial charge in [-0.3, -0.25) is 9.59 Å². The number of esters is 1. The van der Waals surface area contributed by atoms with Crippen LogP contribution in [-0.4, -0.2) is 23.1 Å². The maximum absolute atomic E-state index is 12.2. The summed E-state index contributed by atoms with van der Waals surface area (Å²) in [5, 5.41) is 12.8. The molecular formula is C22H25NO5. The third-order valence-corrected chi connectivity index (χ3v) is 4.75. The van der Waals surface area contributed by atoms with Crippen LogP contribution in [0.3, 0.4) is 0 Å². The summed E-state index contributed by atoms with van der Waals surface area (Å²) >= 11 is 0. The number of cyclic esters (lactones) is 1. The van der Waals surface area contributed by atoms with Crippen molar-refractivity contribution in [2.24, 2.45) is 0 Å². The van der Waals surface area contributed by atoms with E-state index in [9.17, 15) is 14.7 Å². The Balaban J connectivity index is 1.78. The molecule has 2 aromatic rings. The van der Waals surface area contributed by atoms with Crippen LogP contribution in [0.2, 0.25) is 0 Å². The van der Waals surface area contributed by atoms with Crippen molar-refractivity contribution in [2.45, 2.75) is 52.6 Å². The second-order valence-electron chi connectivity index (χ2n) is 7.42. The lowest BCUT2D eigenvalue weighted by Crippen LogP contribution is -2.27. The van der Waals surface area contributed by atoms with Gasteiger partial charge in [0.05, 0.1) is 0 Å². The van der Waals surface area contributed by atoms with Gasteiger partial charge in [0.2, 0.25) is 0 Å². The van der Waals surface area contributed by atoms with Crippen molar-refractivity contribution in [3.63, 3.8) is 0 Å². The number of carbonyl (C=O) groups excluding carboxylic acids is 2. The second-order valence-corrected chi connectivity index (χ2v) is 7.42. The molecule has 0 bridgehead atoms. The van der Waals surface area contributed by atoms with E-state index in [0.717, 1.165) is 16.7 Å². The first-order valence-corrected chi connectivity index (χ1v) is 9.37. The highest BCUT2D eigenvalue weighted by Crippen LogP contribution is 2.35. The summed E-state index contributed by atoms with van der Waals surface area (Å²) in [7, 11) is 0. The standard InChI is InChI=1S/C22H25NO5/c1-12(2)17-11-16(5-6-18(17)24)27-21-13(3)9-15(10-14(21)4)23-22(26)19-7-8-20(25)28-19/h5-6,9-12,19,24H,7-8H2,1-4H3,(H,23,26). The molecule has 6 nitrogen and oxygen atoms in total. The Morgan fingerprint density at radius 2 is 1.89 bits per heavy atom. The molecule has 2 aromatic carbocycles. The van der Waals surface area contributed by atoms with Gasteiger partial charge >= 0.3 is 5.97 Å². The number of carbonyl (C=O) groups is 2. The minimum absolute atomic E-state index is 0.174. The van der Waals surface area contributed by atoms with Gasteiger partial charge < -0.3 is 19.9 Å². The average molecular weight is 383 g/mol. The van der Waals surface area contributed by atoms with Gasteiger partial charge in [-0.25, -0.2) is 0 Å². The molecule has 1 unspecified atom stereocenters. The number of anilines is 1. The van der Waals surface area contributed by atoms with Crippen LogP contribution in [-0.2, 0) is 14.3 Å². The van der Waals surface area contributed by atoms with Crippen molar-refractivity contribution in [2.75, 3.05) is 5.32 Å². The lowest BCUT2D eigenvalue weighted by atomic mass is 10.0. The summed E-state index contributed by atoms with van der Waals surface area (Å²) < 4.78 is 11.1. The minimum atomic E-state index is -0.726. The Labute approximate surface area is 164 Å². The molecule has 6 heteroatoms. The molecule has 2 N–H and O–H groups in total. The van der Waals surface area contributed by atoms with E-state index >= 15 is 0 Å². The van der Waals surface area contributed by atoms with E-state index in [4.69, 9.17) is 9.47 Å². The van der Waals surface area contributed by atoms with Crippen molar-refractivity contribution in [1.29, 1.82) is 0 Å². The number of aromatic hydroxyl groups is 1. The lowest BCUT2D eigenvalue weighted by Gasteiger charge is -2.17. The molecule has 0 radical (unpaired) electrons. The summed E-state index contributed by atoms with van der Waals surface area (Å²) in [5.74, 6) is 1.10. The molecule has 0 spiro atoms. The fourth-order valence-corrected chi connectivity index (χ4v) is 3.29. The molecule has 0 saturated carbocycles. The minimum Gasteiger partial charge on any atom is -0.508 e. The quantitative estimate of drug-likeness (QED) is 0.739. The first kappa shape index (κ1) is 19.7. The number of ether oxygens (including phenoxy) is 2. The fraction of sp³-hybridized carbons (Fsp3) is 0.364. The van der Waals surface area contributed by atoms with Gasteiger partial charge in [-0.15, -0.1) is 0 Å². The van der Waals surface area contributed by atoms with Gasteiger partial charge in [-0.05, 0) is 61.2 Å². The Morgan fingerprint density at radius 3 is 2.46 bits per heavy atom.